The van der Waals surface area contributed by atoms with E-state index in [9.17, 15) is 9.50 Å². The van der Waals surface area contributed by atoms with Crippen molar-refractivity contribution in [3.05, 3.63) is 72.0 Å². The summed E-state index contributed by atoms with van der Waals surface area (Å²) < 4.78 is 19.2. The molecule has 0 atom stereocenters. The number of halogens is 1. The molecule has 0 spiro atoms. The molecule has 0 fully saturated rings. The van der Waals surface area contributed by atoms with Gasteiger partial charge in [0.25, 0.3) is 0 Å². The second-order valence-electron chi connectivity index (χ2n) is 6.10. The third-order valence-electron chi connectivity index (χ3n) is 4.27. The van der Waals surface area contributed by atoms with Crippen LogP contribution in [0.3, 0.4) is 0 Å². The molecule has 0 radical (unpaired) electrons. The smallest absolute Gasteiger partial charge is 0.142 e. The van der Waals surface area contributed by atoms with Crippen LogP contribution in [-0.2, 0) is 13.0 Å². The van der Waals surface area contributed by atoms with Crippen LogP contribution in [0.25, 0.3) is 22.4 Å². The van der Waals surface area contributed by atoms with E-state index in [0.29, 0.717) is 12.2 Å². The van der Waals surface area contributed by atoms with E-state index in [0.717, 1.165) is 41.0 Å². The van der Waals surface area contributed by atoms with Crippen LogP contribution in [0.2, 0.25) is 0 Å². The zero-order valence-electron chi connectivity index (χ0n) is 14.0. The fourth-order valence-corrected chi connectivity index (χ4v) is 2.93. The Kier molecular flexibility index (Phi) is 4.41. The van der Waals surface area contributed by atoms with Crippen LogP contribution in [-0.4, -0.2) is 21.6 Å². The zero-order valence-corrected chi connectivity index (χ0v) is 14.0. The van der Waals surface area contributed by atoms with Crippen LogP contribution >= 0.6 is 0 Å². The molecule has 0 aliphatic rings. The predicted octanol–water partition coefficient (Wildman–Crippen LogP) is 4.00. The third kappa shape index (κ3) is 3.45. The Bertz CT molecular complexity index is 1020. The molecule has 1 aromatic carbocycles. The number of fused-ring (bicyclic) bond motifs is 1. The average Bonchev–Trinajstić information content (AvgIpc) is 3.26. The summed E-state index contributed by atoms with van der Waals surface area (Å²) in [7, 11) is 0. The number of rotatable bonds is 6. The van der Waals surface area contributed by atoms with Crippen molar-refractivity contribution in [1.29, 1.82) is 0 Å². The number of nitrogens with one attached hydrogen (secondary N) is 2. The van der Waals surface area contributed by atoms with Crippen molar-refractivity contribution in [1.82, 2.24) is 15.3 Å². The summed E-state index contributed by atoms with van der Waals surface area (Å²) in [5.74, 6) is 1.50. The van der Waals surface area contributed by atoms with Crippen molar-refractivity contribution >= 4 is 11.0 Å². The Hall–Kier alpha value is -3.12. The highest BCUT2D eigenvalue weighted by atomic mass is 19.1. The summed E-state index contributed by atoms with van der Waals surface area (Å²) in [5.41, 5.74) is 2.65. The number of furan rings is 1. The van der Waals surface area contributed by atoms with Crippen LogP contribution in [0, 0.1) is 5.82 Å². The Balaban J connectivity index is 1.33. The highest BCUT2D eigenvalue weighted by Gasteiger charge is 2.07. The molecule has 5 nitrogen and oxygen atoms in total. The second kappa shape index (κ2) is 7.01. The van der Waals surface area contributed by atoms with Crippen LogP contribution in [0.15, 0.2) is 59.3 Å². The van der Waals surface area contributed by atoms with E-state index in [1.807, 2.05) is 30.5 Å². The lowest BCUT2D eigenvalue weighted by Gasteiger charge is -2.03. The van der Waals surface area contributed by atoms with E-state index in [1.165, 1.54) is 12.3 Å². The lowest BCUT2D eigenvalue weighted by molar-refractivity contribution is 0.475. The fraction of sp³-hybridized carbons (Fsp3) is 0.150. The molecule has 0 saturated carbocycles. The molecule has 0 aliphatic heterocycles. The zero-order chi connectivity index (χ0) is 17.9. The molecular weight excluding hydrogens is 333 g/mol. The first kappa shape index (κ1) is 16.4. The first-order chi connectivity index (χ1) is 12.7. The Labute approximate surface area is 149 Å². The van der Waals surface area contributed by atoms with Gasteiger partial charge in [0, 0.05) is 17.1 Å². The van der Waals surface area contributed by atoms with Crippen molar-refractivity contribution in [2.24, 2.45) is 0 Å². The number of pyridine rings is 1. The van der Waals surface area contributed by atoms with Crippen LogP contribution < -0.4 is 5.32 Å². The number of H-pyrrole nitrogens is 1. The lowest BCUT2D eigenvalue weighted by Crippen LogP contribution is -2.16. The minimum atomic E-state index is -0.330. The number of aromatic nitrogens is 2. The van der Waals surface area contributed by atoms with Gasteiger partial charge in [0.1, 0.15) is 28.7 Å². The Morgan fingerprint density at radius 1 is 1.15 bits per heavy atom. The van der Waals surface area contributed by atoms with Gasteiger partial charge in [-0.15, -0.1) is 0 Å². The van der Waals surface area contributed by atoms with Crippen LogP contribution in [0.4, 0.5) is 4.39 Å². The molecule has 3 aromatic heterocycles. The second-order valence-corrected chi connectivity index (χ2v) is 6.10. The molecule has 3 N–H and O–H groups in total. The minimum absolute atomic E-state index is 0.231. The van der Waals surface area contributed by atoms with Gasteiger partial charge in [-0.1, -0.05) is 0 Å². The lowest BCUT2D eigenvalue weighted by atomic mass is 10.1. The highest BCUT2D eigenvalue weighted by Crippen LogP contribution is 2.24. The number of phenols is 1. The SMILES string of the molecule is Oc1ccc(-c2ccc(CNCCc3c[nH]c4ncc(F)cc34)o2)cc1. The third-order valence-corrected chi connectivity index (χ3v) is 4.27. The van der Waals surface area contributed by atoms with Gasteiger partial charge in [-0.3, -0.25) is 0 Å². The van der Waals surface area contributed by atoms with E-state index in [-0.39, 0.29) is 11.6 Å². The molecule has 0 amide bonds. The summed E-state index contributed by atoms with van der Waals surface area (Å²) in [4.78, 5) is 7.09. The summed E-state index contributed by atoms with van der Waals surface area (Å²) in [6.45, 7) is 1.34. The van der Waals surface area contributed by atoms with Gasteiger partial charge in [0.05, 0.1) is 12.7 Å². The van der Waals surface area contributed by atoms with E-state index >= 15 is 0 Å². The Morgan fingerprint density at radius 3 is 2.85 bits per heavy atom. The molecule has 3 heterocycles. The molecule has 0 saturated heterocycles. The topological polar surface area (TPSA) is 74.1 Å². The van der Waals surface area contributed by atoms with E-state index in [1.54, 1.807) is 12.1 Å². The molecule has 132 valence electrons. The maximum absolute atomic E-state index is 13.3. The standard InChI is InChI=1S/C20H18FN3O2/c21-15-9-18-14(10-23-20(18)24-11-15)7-8-22-12-17-5-6-19(26-17)13-1-3-16(25)4-2-13/h1-6,9-11,22,25H,7-8,12H2,(H,23,24). The maximum atomic E-state index is 13.3. The van der Waals surface area contributed by atoms with Crippen molar-refractivity contribution in [2.45, 2.75) is 13.0 Å². The van der Waals surface area contributed by atoms with Gasteiger partial charge in [-0.25, -0.2) is 9.37 Å². The molecule has 0 bridgehead atoms. The van der Waals surface area contributed by atoms with Gasteiger partial charge >= 0.3 is 0 Å². The minimum Gasteiger partial charge on any atom is -0.508 e. The largest absolute Gasteiger partial charge is 0.508 e. The highest BCUT2D eigenvalue weighted by molar-refractivity contribution is 5.79. The van der Waals surface area contributed by atoms with Crippen molar-refractivity contribution in [3.8, 4) is 17.1 Å². The average molecular weight is 351 g/mol. The predicted molar refractivity (Wildman–Crippen MR) is 97.3 cm³/mol. The quantitative estimate of drug-likeness (QED) is 0.459. The van der Waals surface area contributed by atoms with Crippen molar-refractivity contribution in [3.63, 3.8) is 0 Å². The van der Waals surface area contributed by atoms with E-state index < -0.39 is 0 Å². The molecule has 4 aromatic rings. The molecule has 6 heteroatoms. The molecule has 4 rings (SSSR count). The summed E-state index contributed by atoms with van der Waals surface area (Å²) >= 11 is 0. The Morgan fingerprint density at radius 2 is 2.00 bits per heavy atom. The number of phenolic OH excluding ortho intramolecular Hbond substituents is 1. The van der Waals surface area contributed by atoms with Crippen LogP contribution in [0.5, 0.6) is 5.75 Å². The van der Waals surface area contributed by atoms with E-state index in [2.05, 4.69) is 15.3 Å². The molecule has 0 unspecified atom stereocenters. The normalized spacial score (nSPS) is 11.3. The number of aromatic hydroxyl groups is 1. The van der Waals surface area contributed by atoms with Gasteiger partial charge in [-0.05, 0) is 61.0 Å². The number of aromatic amines is 1. The van der Waals surface area contributed by atoms with Gasteiger partial charge in [0.2, 0.25) is 0 Å². The molecule has 26 heavy (non-hydrogen) atoms. The number of benzene rings is 1. The number of hydrogen-bond acceptors (Lipinski definition) is 4. The number of nitrogens with zero attached hydrogens (tertiary/aromatic N) is 1. The van der Waals surface area contributed by atoms with Crippen molar-refractivity contribution in [2.75, 3.05) is 6.54 Å². The first-order valence-corrected chi connectivity index (χ1v) is 8.39. The fourth-order valence-electron chi connectivity index (χ4n) is 2.93. The van der Waals surface area contributed by atoms with E-state index in [4.69, 9.17) is 4.42 Å². The van der Waals surface area contributed by atoms with Crippen molar-refractivity contribution < 1.29 is 13.9 Å². The first-order valence-electron chi connectivity index (χ1n) is 8.39. The number of hydrogen-bond donors (Lipinski definition) is 3. The molecular formula is C20H18FN3O2. The summed E-state index contributed by atoms with van der Waals surface area (Å²) in [6.07, 6.45) is 3.84. The van der Waals surface area contributed by atoms with Crippen LogP contribution in [0.1, 0.15) is 11.3 Å². The maximum Gasteiger partial charge on any atom is 0.142 e. The summed E-state index contributed by atoms with van der Waals surface area (Å²) in [5, 5.41) is 13.5. The summed E-state index contributed by atoms with van der Waals surface area (Å²) in [6, 6.07) is 12.2. The monoisotopic (exact) mass is 351 g/mol. The molecule has 0 aliphatic carbocycles. The van der Waals surface area contributed by atoms with Gasteiger partial charge in [0.15, 0.2) is 0 Å². The van der Waals surface area contributed by atoms with Gasteiger partial charge in [-0.2, -0.15) is 0 Å². The van der Waals surface area contributed by atoms with Gasteiger partial charge < -0.3 is 19.8 Å².